The van der Waals surface area contributed by atoms with Gasteiger partial charge in [-0.2, -0.15) is 0 Å². The summed E-state index contributed by atoms with van der Waals surface area (Å²) in [5, 5.41) is 0. The molecule has 0 bridgehead atoms. The second-order valence-electron chi connectivity index (χ2n) is 6.98. The third kappa shape index (κ3) is 4.70. The third-order valence-electron chi connectivity index (χ3n) is 3.93. The molecule has 23 heavy (non-hydrogen) atoms. The average molecular weight is 327 g/mol. The van der Waals surface area contributed by atoms with Gasteiger partial charge >= 0.3 is 12.1 Å². The van der Waals surface area contributed by atoms with Crippen molar-refractivity contribution < 1.29 is 23.8 Å². The molecule has 1 heterocycles. The number of hydrogen-bond donors (Lipinski definition) is 0. The monoisotopic (exact) mass is 327 g/mol. The maximum atomic E-state index is 12.7. The lowest BCUT2D eigenvalue weighted by molar-refractivity contribution is -0.136. The zero-order valence-corrected chi connectivity index (χ0v) is 15.1. The third-order valence-corrected chi connectivity index (χ3v) is 3.93. The largest absolute Gasteiger partial charge is 0.466 e. The van der Waals surface area contributed by atoms with E-state index in [2.05, 4.69) is 11.3 Å². The van der Waals surface area contributed by atoms with Crippen LogP contribution in [0.15, 0.2) is 12.2 Å². The van der Waals surface area contributed by atoms with E-state index in [0.29, 0.717) is 18.6 Å². The summed E-state index contributed by atoms with van der Waals surface area (Å²) >= 11 is 0. The van der Waals surface area contributed by atoms with Crippen LogP contribution >= 0.6 is 0 Å². The Bertz CT molecular complexity index is 454. The first-order chi connectivity index (χ1) is 10.5. The molecule has 6 nitrogen and oxygen atoms in total. The number of amides is 1. The van der Waals surface area contributed by atoms with Crippen molar-refractivity contribution in [2.45, 2.75) is 71.2 Å². The molecule has 6 heteroatoms. The van der Waals surface area contributed by atoms with Crippen molar-refractivity contribution in [3.63, 3.8) is 0 Å². The highest BCUT2D eigenvalue weighted by molar-refractivity contribution is 5.87. The van der Waals surface area contributed by atoms with E-state index in [9.17, 15) is 9.59 Å². The van der Waals surface area contributed by atoms with Crippen LogP contribution in [0.5, 0.6) is 0 Å². The highest BCUT2D eigenvalue weighted by atomic mass is 16.6. The average Bonchev–Trinajstić information content (AvgIpc) is 2.66. The Morgan fingerprint density at radius 1 is 1.30 bits per heavy atom. The van der Waals surface area contributed by atoms with Gasteiger partial charge in [-0.25, -0.2) is 9.59 Å². The molecule has 1 atom stereocenters. The van der Waals surface area contributed by atoms with Crippen molar-refractivity contribution in [1.29, 1.82) is 0 Å². The number of esters is 1. The fraction of sp³-hybridized carbons (Fsp3) is 0.765. The van der Waals surface area contributed by atoms with Crippen molar-refractivity contribution >= 4 is 12.1 Å². The van der Waals surface area contributed by atoms with Crippen LogP contribution in [0.4, 0.5) is 4.79 Å². The lowest BCUT2D eigenvalue weighted by atomic mass is 10.0. The molecule has 132 valence electrons. The molecule has 0 N–H and O–H groups in total. The van der Waals surface area contributed by atoms with Crippen molar-refractivity contribution in [1.82, 2.24) is 4.90 Å². The summed E-state index contributed by atoms with van der Waals surface area (Å²) in [4.78, 5) is 25.8. The van der Waals surface area contributed by atoms with Gasteiger partial charge < -0.3 is 14.2 Å². The number of rotatable bonds is 6. The second-order valence-corrected chi connectivity index (χ2v) is 6.98. The Morgan fingerprint density at radius 2 is 1.91 bits per heavy atom. The van der Waals surface area contributed by atoms with E-state index in [-0.39, 0.29) is 6.42 Å². The fourth-order valence-electron chi connectivity index (χ4n) is 2.90. The van der Waals surface area contributed by atoms with E-state index < -0.39 is 29.4 Å². The van der Waals surface area contributed by atoms with E-state index in [0.717, 1.165) is 6.42 Å². The highest BCUT2D eigenvalue weighted by Crippen LogP contribution is 2.35. The van der Waals surface area contributed by atoms with Gasteiger partial charge in [-0.1, -0.05) is 19.9 Å². The highest BCUT2D eigenvalue weighted by Gasteiger charge is 2.50. The molecule has 1 rings (SSSR count). The van der Waals surface area contributed by atoms with Gasteiger partial charge in [0.25, 0.3) is 0 Å². The van der Waals surface area contributed by atoms with Crippen LogP contribution in [0, 0.1) is 0 Å². The Balaban J connectivity index is 2.81. The number of carbonyl (C=O) groups is 2. The minimum absolute atomic E-state index is 0.266. The zero-order chi connectivity index (χ0) is 17.8. The van der Waals surface area contributed by atoms with E-state index in [4.69, 9.17) is 9.47 Å². The van der Waals surface area contributed by atoms with Crippen molar-refractivity contribution in [2.75, 3.05) is 13.7 Å². The number of methoxy groups -OCH3 is 1. The second kappa shape index (κ2) is 7.34. The summed E-state index contributed by atoms with van der Waals surface area (Å²) < 4.78 is 16.0. The summed E-state index contributed by atoms with van der Waals surface area (Å²) in [5.41, 5.74) is -0.872. The van der Waals surface area contributed by atoms with Crippen LogP contribution < -0.4 is 0 Å². The number of nitrogens with zero attached hydrogens (tertiary/aromatic N) is 1. The molecule has 0 aromatic carbocycles. The normalized spacial score (nSPS) is 20.0. The number of ether oxygens (including phenoxy) is 3. The molecule has 0 saturated carbocycles. The standard InChI is InChI=1S/C17H29NO5/c1-8-9-13(10-12(2)14(19)21-7)23-15(20)18-16(3,4)11-22-17(18,5)6/h13H,2,8-11H2,1,3-7H3/t13-/m1/s1. The quantitative estimate of drug-likeness (QED) is 0.553. The van der Waals surface area contributed by atoms with Crippen LogP contribution in [0.2, 0.25) is 0 Å². The molecule has 1 saturated heterocycles. The minimum atomic E-state index is -0.725. The smallest absolute Gasteiger partial charge is 0.412 e. The van der Waals surface area contributed by atoms with Gasteiger partial charge in [-0.3, -0.25) is 4.90 Å². The zero-order valence-electron chi connectivity index (χ0n) is 15.1. The van der Waals surface area contributed by atoms with Gasteiger partial charge in [0.05, 0.1) is 19.3 Å². The van der Waals surface area contributed by atoms with E-state index >= 15 is 0 Å². The van der Waals surface area contributed by atoms with Crippen molar-refractivity contribution in [3.8, 4) is 0 Å². The Labute approximate surface area is 138 Å². The molecule has 0 unspecified atom stereocenters. The Hall–Kier alpha value is -1.56. The molecule has 0 spiro atoms. The SMILES string of the molecule is C=C(C[C@@H](CCC)OC(=O)N1C(C)(C)COC1(C)C)C(=O)OC. The number of carbonyl (C=O) groups excluding carboxylic acids is 2. The molecule has 1 aliphatic rings. The summed E-state index contributed by atoms with van der Waals surface area (Å²) in [6.45, 7) is 13.7. The van der Waals surface area contributed by atoms with Crippen LogP contribution in [-0.4, -0.2) is 48.0 Å². The summed E-state index contributed by atoms with van der Waals surface area (Å²) in [5.74, 6) is -0.479. The van der Waals surface area contributed by atoms with Crippen LogP contribution in [0.25, 0.3) is 0 Å². The van der Waals surface area contributed by atoms with Gasteiger partial charge in [-0.05, 0) is 34.1 Å². The van der Waals surface area contributed by atoms with Crippen LogP contribution in [0.3, 0.4) is 0 Å². The molecule has 1 aliphatic heterocycles. The molecule has 1 amide bonds. The van der Waals surface area contributed by atoms with Gasteiger partial charge in [0.2, 0.25) is 0 Å². The van der Waals surface area contributed by atoms with Gasteiger partial charge in [0.1, 0.15) is 11.8 Å². The topological polar surface area (TPSA) is 65.1 Å². The van der Waals surface area contributed by atoms with E-state index in [1.807, 2.05) is 34.6 Å². The molecule has 0 radical (unpaired) electrons. The maximum absolute atomic E-state index is 12.7. The molecular weight excluding hydrogens is 298 g/mol. The fourth-order valence-corrected chi connectivity index (χ4v) is 2.90. The maximum Gasteiger partial charge on any atom is 0.412 e. The van der Waals surface area contributed by atoms with Crippen molar-refractivity contribution in [2.24, 2.45) is 0 Å². The van der Waals surface area contributed by atoms with Crippen molar-refractivity contribution in [3.05, 3.63) is 12.2 Å². The van der Waals surface area contributed by atoms with Crippen LogP contribution in [0.1, 0.15) is 53.9 Å². The summed E-state index contributed by atoms with van der Waals surface area (Å²) in [6.07, 6.45) is 0.898. The molecule has 1 fully saturated rings. The van der Waals surface area contributed by atoms with Gasteiger partial charge in [-0.15, -0.1) is 0 Å². The predicted octanol–water partition coefficient (Wildman–Crippen LogP) is 3.26. The minimum Gasteiger partial charge on any atom is -0.466 e. The first kappa shape index (κ1) is 19.5. The molecular formula is C17H29NO5. The number of hydrogen-bond acceptors (Lipinski definition) is 5. The Morgan fingerprint density at radius 3 is 2.35 bits per heavy atom. The van der Waals surface area contributed by atoms with Crippen LogP contribution in [-0.2, 0) is 19.0 Å². The van der Waals surface area contributed by atoms with E-state index in [1.54, 1.807) is 4.90 Å². The Kier molecular flexibility index (Phi) is 6.22. The predicted molar refractivity (Wildman–Crippen MR) is 86.9 cm³/mol. The lowest BCUT2D eigenvalue weighted by Crippen LogP contribution is -2.53. The first-order valence-corrected chi connectivity index (χ1v) is 7.96. The van der Waals surface area contributed by atoms with E-state index in [1.165, 1.54) is 7.11 Å². The lowest BCUT2D eigenvalue weighted by Gasteiger charge is -2.37. The first-order valence-electron chi connectivity index (χ1n) is 7.96. The summed E-state index contributed by atoms with van der Waals surface area (Å²) in [7, 11) is 1.31. The molecule has 0 aliphatic carbocycles. The molecule has 0 aromatic rings. The van der Waals surface area contributed by atoms with Gasteiger partial charge in [0.15, 0.2) is 0 Å². The van der Waals surface area contributed by atoms with Gasteiger partial charge in [0, 0.05) is 12.0 Å². The molecule has 0 aromatic heterocycles. The summed E-state index contributed by atoms with van der Waals surface area (Å²) in [6, 6.07) is 0.